The van der Waals surface area contributed by atoms with E-state index >= 15 is 0 Å². The quantitative estimate of drug-likeness (QED) is 0.877. The average Bonchev–Trinajstić information content (AvgIpc) is 3.07. The van der Waals surface area contributed by atoms with Crippen molar-refractivity contribution >= 4 is 10.0 Å². The molecule has 9 heteroatoms. The van der Waals surface area contributed by atoms with Crippen LogP contribution in [0.2, 0.25) is 0 Å². The van der Waals surface area contributed by atoms with Crippen LogP contribution in [0.15, 0.2) is 53.6 Å². The summed E-state index contributed by atoms with van der Waals surface area (Å²) in [4.78, 5) is 2.99. The summed E-state index contributed by atoms with van der Waals surface area (Å²) in [6, 6.07) is 11.1. The van der Waals surface area contributed by atoms with Crippen LogP contribution in [0.1, 0.15) is 17.2 Å². The van der Waals surface area contributed by atoms with Crippen LogP contribution >= 0.6 is 0 Å². The van der Waals surface area contributed by atoms with Gasteiger partial charge in [0.15, 0.2) is 0 Å². The first-order valence-electron chi connectivity index (χ1n) is 8.02. The predicted octanol–water partition coefficient (Wildman–Crippen LogP) is 2.46. The standard InChI is InChI=1S/C17H18F3N3O2S/c18-17(19,20)16-7-6-14(9-22-16)26(24,25)23-10-13(8-21)15(11-23)12-4-2-1-3-5-12/h1-7,9,13,15H,8,10-11,21H2/t13-,15+/m1/s1. The van der Waals surface area contributed by atoms with E-state index in [2.05, 4.69) is 4.98 Å². The summed E-state index contributed by atoms with van der Waals surface area (Å²) in [5.41, 5.74) is 5.68. The second kappa shape index (κ2) is 6.98. The molecule has 0 unspecified atom stereocenters. The molecule has 26 heavy (non-hydrogen) atoms. The molecule has 1 aromatic carbocycles. The highest BCUT2D eigenvalue weighted by Gasteiger charge is 2.40. The van der Waals surface area contributed by atoms with Crippen molar-refractivity contribution in [2.45, 2.75) is 17.0 Å². The highest BCUT2D eigenvalue weighted by molar-refractivity contribution is 7.89. The number of sulfonamides is 1. The summed E-state index contributed by atoms with van der Waals surface area (Å²) in [5.74, 6) is -0.118. The Morgan fingerprint density at radius 3 is 2.35 bits per heavy atom. The highest BCUT2D eigenvalue weighted by atomic mass is 32.2. The van der Waals surface area contributed by atoms with Gasteiger partial charge in [-0.25, -0.2) is 8.42 Å². The molecule has 2 aromatic rings. The fourth-order valence-corrected chi connectivity index (χ4v) is 4.66. The van der Waals surface area contributed by atoms with Gasteiger partial charge in [0.05, 0.1) is 0 Å². The van der Waals surface area contributed by atoms with E-state index in [0.717, 1.165) is 17.8 Å². The number of pyridine rings is 1. The molecule has 1 fully saturated rings. The molecule has 2 N–H and O–H groups in total. The SMILES string of the molecule is NC[C@@H]1CN(S(=O)(=O)c2ccc(C(F)(F)F)nc2)C[C@H]1c1ccccc1. The van der Waals surface area contributed by atoms with Crippen LogP contribution in [0, 0.1) is 5.92 Å². The van der Waals surface area contributed by atoms with E-state index in [-0.39, 0.29) is 29.8 Å². The van der Waals surface area contributed by atoms with E-state index in [0.29, 0.717) is 12.6 Å². The van der Waals surface area contributed by atoms with Gasteiger partial charge in [-0.2, -0.15) is 17.5 Å². The molecule has 0 bridgehead atoms. The van der Waals surface area contributed by atoms with Crippen LogP contribution in [0.4, 0.5) is 13.2 Å². The second-order valence-corrected chi connectivity index (χ2v) is 8.15. The van der Waals surface area contributed by atoms with E-state index in [1.165, 1.54) is 4.31 Å². The van der Waals surface area contributed by atoms with Gasteiger partial charge in [0.25, 0.3) is 0 Å². The number of benzene rings is 1. The molecule has 1 saturated heterocycles. The summed E-state index contributed by atoms with van der Waals surface area (Å²) in [6.45, 7) is 0.769. The zero-order valence-corrected chi connectivity index (χ0v) is 14.5. The molecule has 5 nitrogen and oxygen atoms in total. The Labute approximate surface area is 149 Å². The Balaban J connectivity index is 1.86. The topological polar surface area (TPSA) is 76.3 Å². The van der Waals surface area contributed by atoms with Crippen molar-refractivity contribution in [2.24, 2.45) is 11.7 Å². The molecule has 1 aliphatic heterocycles. The lowest BCUT2D eigenvalue weighted by atomic mass is 9.89. The van der Waals surface area contributed by atoms with Crippen molar-refractivity contribution < 1.29 is 21.6 Å². The van der Waals surface area contributed by atoms with Crippen LogP contribution in [0.3, 0.4) is 0 Å². The predicted molar refractivity (Wildman–Crippen MR) is 89.7 cm³/mol. The Kier molecular flexibility index (Phi) is 5.05. The van der Waals surface area contributed by atoms with Crippen molar-refractivity contribution in [1.29, 1.82) is 0 Å². The third-order valence-electron chi connectivity index (χ3n) is 4.60. The van der Waals surface area contributed by atoms with Gasteiger partial charge in [-0.15, -0.1) is 0 Å². The fraction of sp³-hybridized carbons (Fsp3) is 0.353. The Morgan fingerprint density at radius 1 is 1.12 bits per heavy atom. The first-order valence-corrected chi connectivity index (χ1v) is 9.46. The minimum Gasteiger partial charge on any atom is -0.330 e. The molecular formula is C17H18F3N3O2S. The van der Waals surface area contributed by atoms with Gasteiger partial charge in [-0.1, -0.05) is 30.3 Å². The first kappa shape index (κ1) is 18.8. The molecule has 140 valence electrons. The molecule has 0 aliphatic carbocycles. The Bertz CT molecular complexity index is 855. The lowest BCUT2D eigenvalue weighted by Crippen LogP contribution is -2.30. The van der Waals surface area contributed by atoms with Gasteiger partial charge < -0.3 is 5.73 Å². The first-order chi connectivity index (χ1) is 12.2. The Hall–Kier alpha value is -1.97. The maximum absolute atomic E-state index is 12.8. The third-order valence-corrected chi connectivity index (χ3v) is 6.42. The zero-order chi connectivity index (χ0) is 18.9. The second-order valence-electron chi connectivity index (χ2n) is 6.21. The summed E-state index contributed by atoms with van der Waals surface area (Å²) >= 11 is 0. The third kappa shape index (κ3) is 3.60. The number of nitrogens with zero attached hydrogens (tertiary/aromatic N) is 2. The van der Waals surface area contributed by atoms with E-state index in [4.69, 9.17) is 5.73 Å². The van der Waals surface area contributed by atoms with Gasteiger partial charge in [-0.3, -0.25) is 4.98 Å². The number of rotatable bonds is 4. The molecule has 0 spiro atoms. The van der Waals surface area contributed by atoms with Crippen molar-refractivity contribution in [3.63, 3.8) is 0 Å². The minimum atomic E-state index is -4.61. The molecule has 2 heterocycles. The van der Waals surface area contributed by atoms with Crippen molar-refractivity contribution in [3.05, 3.63) is 59.9 Å². The molecule has 3 rings (SSSR count). The van der Waals surface area contributed by atoms with Crippen LogP contribution in [0.5, 0.6) is 0 Å². The van der Waals surface area contributed by atoms with Crippen molar-refractivity contribution in [2.75, 3.05) is 19.6 Å². The monoisotopic (exact) mass is 385 g/mol. The van der Waals surface area contributed by atoms with Gasteiger partial charge in [0, 0.05) is 25.2 Å². The van der Waals surface area contributed by atoms with Gasteiger partial charge in [0.2, 0.25) is 10.0 Å². The zero-order valence-electron chi connectivity index (χ0n) is 13.7. The Morgan fingerprint density at radius 2 is 1.81 bits per heavy atom. The van der Waals surface area contributed by atoms with Crippen LogP contribution < -0.4 is 5.73 Å². The smallest absolute Gasteiger partial charge is 0.330 e. The van der Waals surface area contributed by atoms with Crippen LogP contribution in [-0.4, -0.2) is 37.3 Å². The number of alkyl halides is 3. The number of nitrogens with two attached hydrogens (primary N) is 1. The van der Waals surface area contributed by atoms with Crippen molar-refractivity contribution in [3.8, 4) is 0 Å². The lowest BCUT2D eigenvalue weighted by molar-refractivity contribution is -0.141. The fourth-order valence-electron chi connectivity index (χ4n) is 3.19. The van der Waals surface area contributed by atoms with E-state index < -0.39 is 21.9 Å². The molecule has 0 radical (unpaired) electrons. The number of halogens is 3. The summed E-state index contributed by atoms with van der Waals surface area (Å²) in [7, 11) is -3.94. The minimum absolute atomic E-state index is 0.0571. The molecular weight excluding hydrogens is 367 g/mol. The maximum Gasteiger partial charge on any atom is 0.433 e. The highest BCUT2D eigenvalue weighted by Crippen LogP contribution is 2.35. The molecule has 0 amide bonds. The maximum atomic E-state index is 12.8. The normalized spacial score (nSPS) is 21.8. The van der Waals surface area contributed by atoms with Crippen LogP contribution in [-0.2, 0) is 16.2 Å². The van der Waals surface area contributed by atoms with Gasteiger partial charge in [0.1, 0.15) is 10.6 Å². The van der Waals surface area contributed by atoms with Crippen LogP contribution in [0.25, 0.3) is 0 Å². The molecule has 0 saturated carbocycles. The summed E-state index contributed by atoms with van der Waals surface area (Å²) in [6.07, 6.45) is -3.86. The lowest BCUT2D eigenvalue weighted by Gasteiger charge is -2.17. The average molecular weight is 385 g/mol. The molecule has 1 aromatic heterocycles. The largest absolute Gasteiger partial charge is 0.433 e. The molecule has 1 aliphatic rings. The van der Waals surface area contributed by atoms with Gasteiger partial charge in [-0.05, 0) is 30.2 Å². The van der Waals surface area contributed by atoms with E-state index in [9.17, 15) is 21.6 Å². The molecule has 2 atom stereocenters. The van der Waals surface area contributed by atoms with E-state index in [1.807, 2.05) is 30.3 Å². The summed E-state index contributed by atoms with van der Waals surface area (Å²) in [5, 5.41) is 0. The number of aromatic nitrogens is 1. The number of hydrogen-bond acceptors (Lipinski definition) is 4. The van der Waals surface area contributed by atoms with E-state index in [1.54, 1.807) is 0 Å². The summed E-state index contributed by atoms with van der Waals surface area (Å²) < 4.78 is 64.7. The van der Waals surface area contributed by atoms with Gasteiger partial charge >= 0.3 is 6.18 Å². The number of hydrogen-bond donors (Lipinski definition) is 1. The van der Waals surface area contributed by atoms with Crippen molar-refractivity contribution in [1.82, 2.24) is 9.29 Å².